The highest BCUT2D eigenvalue weighted by Crippen LogP contribution is 2.47. The molecule has 2 N–H and O–H groups in total. The molecule has 0 aromatic heterocycles. The van der Waals surface area contributed by atoms with Gasteiger partial charge in [-0.1, -0.05) is 18.6 Å². The van der Waals surface area contributed by atoms with E-state index < -0.39 is 11.0 Å². The summed E-state index contributed by atoms with van der Waals surface area (Å²) < 4.78 is 14.8. The molecule has 1 aliphatic carbocycles. The van der Waals surface area contributed by atoms with Crippen molar-refractivity contribution in [2.45, 2.75) is 57.4 Å². The van der Waals surface area contributed by atoms with Crippen LogP contribution in [0.2, 0.25) is 0 Å². The summed E-state index contributed by atoms with van der Waals surface area (Å²) >= 11 is 6.41. The zero-order valence-corrected chi connectivity index (χ0v) is 16.6. The van der Waals surface area contributed by atoms with Crippen molar-refractivity contribution in [3.05, 3.63) is 35.1 Å². The third-order valence-electron chi connectivity index (χ3n) is 6.36. The van der Waals surface area contributed by atoms with Gasteiger partial charge in [-0.3, -0.25) is 9.69 Å². The lowest BCUT2D eigenvalue weighted by atomic mass is 9.67. The largest absolute Gasteiger partial charge is 0.369 e. The second-order valence-electron chi connectivity index (χ2n) is 8.26. The van der Waals surface area contributed by atoms with Crippen molar-refractivity contribution < 1.29 is 9.18 Å². The molecule has 1 heterocycles. The number of aliphatic imine (C=N–C) groups is 1. The number of benzene rings is 1. The van der Waals surface area contributed by atoms with Crippen molar-refractivity contribution in [3.8, 4) is 0 Å². The molecule has 1 aromatic rings. The number of nitrogens with zero attached hydrogens (tertiary/aromatic N) is 2. The average molecular weight is 380 g/mol. The van der Waals surface area contributed by atoms with E-state index in [1.165, 1.54) is 11.0 Å². The summed E-state index contributed by atoms with van der Waals surface area (Å²) in [6, 6.07) is 5.12. The Kier molecular flexibility index (Phi) is 4.80. The van der Waals surface area contributed by atoms with Crippen LogP contribution < -0.4 is 5.73 Å². The summed E-state index contributed by atoms with van der Waals surface area (Å²) in [5, 5.41) is 0.175. The second-order valence-corrected chi connectivity index (χ2v) is 8.82. The molecular formula is C20H27ClFN3O. The molecule has 0 saturated heterocycles. The maximum Gasteiger partial charge on any atom is 0.237 e. The minimum atomic E-state index is -1.07. The summed E-state index contributed by atoms with van der Waals surface area (Å²) in [5.74, 6) is -0.0253. The highest BCUT2D eigenvalue weighted by molar-refractivity contribution is 6.20. The molecule has 1 aromatic carbocycles. The van der Waals surface area contributed by atoms with E-state index in [1.54, 1.807) is 33.9 Å². The molecular weight excluding hydrogens is 353 g/mol. The van der Waals surface area contributed by atoms with Gasteiger partial charge in [0.15, 0.2) is 5.96 Å². The first kappa shape index (κ1) is 19.2. The van der Waals surface area contributed by atoms with Crippen molar-refractivity contribution >= 4 is 23.5 Å². The van der Waals surface area contributed by atoms with Gasteiger partial charge in [0.2, 0.25) is 5.91 Å². The lowest BCUT2D eigenvalue weighted by Crippen LogP contribution is -2.58. The number of halogens is 2. The molecule has 3 rings (SSSR count). The molecule has 3 atom stereocenters. The number of guanidine groups is 1. The van der Waals surface area contributed by atoms with E-state index in [9.17, 15) is 9.18 Å². The third kappa shape index (κ3) is 2.90. The normalized spacial score (nSPS) is 31.2. The van der Waals surface area contributed by atoms with Gasteiger partial charge in [-0.15, -0.1) is 11.6 Å². The second kappa shape index (κ2) is 6.52. The summed E-state index contributed by atoms with van der Waals surface area (Å²) in [7, 11) is 1.59. The van der Waals surface area contributed by atoms with Crippen molar-refractivity contribution in [2.75, 3.05) is 7.05 Å². The number of hydrogen-bond donors (Lipinski definition) is 1. The monoisotopic (exact) mass is 379 g/mol. The summed E-state index contributed by atoms with van der Waals surface area (Å²) in [4.78, 5) is 18.7. The highest BCUT2D eigenvalue weighted by Gasteiger charge is 2.53. The summed E-state index contributed by atoms with van der Waals surface area (Å²) in [6.07, 6.45) is 4.08. The predicted molar refractivity (Wildman–Crippen MR) is 103 cm³/mol. The summed E-state index contributed by atoms with van der Waals surface area (Å²) in [5.41, 5.74) is 5.39. The minimum absolute atomic E-state index is 0.109. The Balaban J connectivity index is 2.04. The van der Waals surface area contributed by atoms with Gasteiger partial charge in [0.25, 0.3) is 0 Å². The first-order chi connectivity index (χ1) is 12.1. The zero-order valence-electron chi connectivity index (χ0n) is 15.9. The third-order valence-corrected chi connectivity index (χ3v) is 6.93. The maximum atomic E-state index is 14.8. The smallest absolute Gasteiger partial charge is 0.237 e. The van der Waals surface area contributed by atoms with E-state index in [2.05, 4.69) is 4.99 Å². The van der Waals surface area contributed by atoms with Gasteiger partial charge in [0.05, 0.1) is 5.41 Å². The highest BCUT2D eigenvalue weighted by atomic mass is 35.5. The topological polar surface area (TPSA) is 58.7 Å². The van der Waals surface area contributed by atoms with Crippen LogP contribution in [-0.4, -0.2) is 29.2 Å². The zero-order chi connectivity index (χ0) is 19.3. The lowest BCUT2D eigenvalue weighted by Gasteiger charge is -2.46. The first-order valence-electron chi connectivity index (χ1n) is 9.14. The predicted octanol–water partition coefficient (Wildman–Crippen LogP) is 3.80. The average Bonchev–Trinajstić information content (AvgIpc) is 2.98. The van der Waals surface area contributed by atoms with Crippen LogP contribution >= 0.6 is 11.6 Å². The number of hydrogen-bond acceptors (Lipinski definition) is 3. The van der Waals surface area contributed by atoms with Gasteiger partial charge < -0.3 is 5.73 Å². The van der Waals surface area contributed by atoms with Gasteiger partial charge in [-0.25, -0.2) is 9.38 Å². The fourth-order valence-corrected chi connectivity index (χ4v) is 4.54. The first-order valence-corrected chi connectivity index (χ1v) is 9.58. The van der Waals surface area contributed by atoms with Gasteiger partial charge in [0, 0.05) is 18.0 Å². The fraction of sp³-hybridized carbons (Fsp3) is 0.600. The number of carbonyl (C=O) groups is 1. The van der Waals surface area contributed by atoms with E-state index >= 15 is 0 Å². The molecule has 1 aliphatic heterocycles. The molecule has 2 unspecified atom stereocenters. The summed E-state index contributed by atoms with van der Waals surface area (Å²) in [6.45, 7) is 5.37. The Morgan fingerprint density at radius 3 is 2.65 bits per heavy atom. The van der Waals surface area contributed by atoms with E-state index in [1.807, 2.05) is 6.07 Å². The van der Waals surface area contributed by atoms with Crippen molar-refractivity contribution in [1.29, 1.82) is 0 Å². The molecule has 1 fully saturated rings. The molecule has 2 aliphatic rings. The molecule has 1 amide bonds. The van der Waals surface area contributed by atoms with Crippen LogP contribution in [0.4, 0.5) is 4.39 Å². The Hall–Kier alpha value is -1.62. The van der Waals surface area contributed by atoms with Crippen LogP contribution in [0, 0.1) is 17.2 Å². The van der Waals surface area contributed by atoms with Gasteiger partial charge >= 0.3 is 0 Å². The van der Waals surface area contributed by atoms with Gasteiger partial charge in [-0.2, -0.15) is 0 Å². The quantitative estimate of drug-likeness (QED) is 0.812. The van der Waals surface area contributed by atoms with E-state index in [4.69, 9.17) is 17.3 Å². The van der Waals surface area contributed by atoms with E-state index in [0.29, 0.717) is 11.5 Å². The van der Waals surface area contributed by atoms with Gasteiger partial charge in [-0.05, 0) is 57.6 Å². The molecule has 0 bridgehead atoms. The molecule has 142 valence electrons. The Morgan fingerprint density at radius 2 is 2.04 bits per heavy atom. The van der Waals surface area contributed by atoms with Crippen LogP contribution in [0.25, 0.3) is 0 Å². The van der Waals surface area contributed by atoms with Crippen LogP contribution in [0.15, 0.2) is 23.2 Å². The Morgan fingerprint density at radius 1 is 1.35 bits per heavy atom. The van der Waals surface area contributed by atoms with Crippen molar-refractivity contribution in [3.63, 3.8) is 0 Å². The SMILES string of the molecule is CN1C(=O)C(C)(C)[C@@](C)(c2cc(CC3CCCC3Cl)ccc2F)N=C1N. The van der Waals surface area contributed by atoms with Crippen molar-refractivity contribution in [1.82, 2.24) is 4.90 Å². The number of alkyl halides is 1. The number of nitrogens with two attached hydrogens (primary N) is 1. The number of rotatable bonds is 3. The minimum Gasteiger partial charge on any atom is -0.369 e. The van der Waals surface area contributed by atoms with Crippen molar-refractivity contribution in [2.24, 2.45) is 22.1 Å². The molecule has 0 radical (unpaired) electrons. The lowest BCUT2D eigenvalue weighted by molar-refractivity contribution is -0.140. The van der Waals surface area contributed by atoms with E-state index in [0.717, 1.165) is 31.2 Å². The van der Waals surface area contributed by atoms with Crippen LogP contribution in [0.5, 0.6) is 0 Å². The van der Waals surface area contributed by atoms with E-state index in [-0.39, 0.29) is 23.1 Å². The Labute approximate surface area is 159 Å². The number of amides is 1. The molecule has 1 saturated carbocycles. The van der Waals surface area contributed by atoms with Gasteiger partial charge in [0.1, 0.15) is 11.4 Å². The standard InChI is InChI=1S/C20H27ClFN3O/c1-19(2)17(26)25(4)18(23)24-20(19,3)14-11-12(8-9-16(14)22)10-13-6-5-7-15(13)21/h8-9,11,13,15H,5-7,10H2,1-4H3,(H2,23,24)/t13?,15?,20-/m1/s1. The molecule has 0 spiro atoms. The molecule has 26 heavy (non-hydrogen) atoms. The van der Waals surface area contributed by atoms with Crippen LogP contribution in [0.1, 0.15) is 51.2 Å². The van der Waals surface area contributed by atoms with Crippen LogP contribution in [-0.2, 0) is 16.8 Å². The molecule has 6 heteroatoms. The Bertz CT molecular complexity index is 763. The molecule has 4 nitrogen and oxygen atoms in total. The number of carbonyl (C=O) groups excluding carboxylic acids is 1. The fourth-order valence-electron chi connectivity index (χ4n) is 4.17. The maximum absolute atomic E-state index is 14.8. The van der Waals surface area contributed by atoms with Crippen LogP contribution in [0.3, 0.4) is 0 Å².